The summed E-state index contributed by atoms with van der Waals surface area (Å²) in [5.41, 5.74) is 3.22. The molecule has 0 fully saturated rings. The first-order chi connectivity index (χ1) is 18.6. The normalized spacial score (nSPS) is 11.9. The highest BCUT2D eigenvalue weighted by molar-refractivity contribution is 5.92. The molecule has 0 aliphatic rings. The number of methoxy groups -OCH3 is 1. The number of likely N-dealkylation sites (N-methyl/N-ethyl adjacent to an activating group) is 1. The zero-order valence-electron chi connectivity index (χ0n) is 22.7. The van der Waals surface area contributed by atoms with Gasteiger partial charge in [0.25, 0.3) is 6.43 Å². The van der Waals surface area contributed by atoms with Gasteiger partial charge in [0.05, 0.1) is 42.7 Å². The van der Waals surface area contributed by atoms with E-state index in [-0.39, 0.29) is 24.1 Å². The van der Waals surface area contributed by atoms with Crippen molar-refractivity contribution in [3.8, 4) is 5.88 Å². The van der Waals surface area contributed by atoms with Crippen LogP contribution in [0.1, 0.15) is 42.2 Å². The van der Waals surface area contributed by atoms with Crippen molar-refractivity contribution in [3.05, 3.63) is 71.4 Å². The van der Waals surface area contributed by atoms with Crippen molar-refractivity contribution in [1.29, 1.82) is 0 Å². The minimum Gasteiger partial charge on any atom is -0.481 e. The SMILES string of the molecule is COc1ncc(N(C)c2ccc3nc(C)nc(N[C@H](C)c4cccc(C(F)F)n4)c3c2)cc1CC(=O)N(C)C. The smallest absolute Gasteiger partial charge is 0.280 e. The van der Waals surface area contributed by atoms with E-state index in [2.05, 4.69) is 25.3 Å². The molecular formula is C28H31F2N7O2. The molecule has 0 unspecified atom stereocenters. The van der Waals surface area contributed by atoms with Crippen LogP contribution in [-0.2, 0) is 11.2 Å². The molecule has 0 aliphatic carbocycles. The van der Waals surface area contributed by atoms with E-state index in [1.54, 1.807) is 39.3 Å². The second-order valence-electron chi connectivity index (χ2n) is 9.36. The van der Waals surface area contributed by atoms with Crippen LogP contribution in [0, 0.1) is 6.92 Å². The summed E-state index contributed by atoms with van der Waals surface area (Å²) in [6, 6.07) is 11.9. The number of hydrogen-bond acceptors (Lipinski definition) is 8. The molecule has 1 atom stereocenters. The van der Waals surface area contributed by atoms with E-state index >= 15 is 0 Å². The van der Waals surface area contributed by atoms with Crippen LogP contribution in [0.3, 0.4) is 0 Å². The van der Waals surface area contributed by atoms with Gasteiger partial charge in [-0.25, -0.2) is 28.7 Å². The van der Waals surface area contributed by atoms with Crippen molar-refractivity contribution in [3.63, 3.8) is 0 Å². The fourth-order valence-electron chi connectivity index (χ4n) is 4.11. The van der Waals surface area contributed by atoms with Crippen LogP contribution in [0.2, 0.25) is 0 Å². The van der Waals surface area contributed by atoms with Gasteiger partial charge in [-0.3, -0.25) is 4.79 Å². The summed E-state index contributed by atoms with van der Waals surface area (Å²) in [6.45, 7) is 3.64. The summed E-state index contributed by atoms with van der Waals surface area (Å²) in [5.74, 6) is 1.47. The molecule has 0 saturated heterocycles. The minimum atomic E-state index is -2.65. The number of ether oxygens (including phenoxy) is 1. The van der Waals surface area contributed by atoms with Crippen LogP contribution >= 0.6 is 0 Å². The van der Waals surface area contributed by atoms with Crippen LogP contribution in [0.4, 0.5) is 26.0 Å². The topological polar surface area (TPSA) is 96.4 Å². The van der Waals surface area contributed by atoms with Gasteiger partial charge in [-0.05, 0) is 50.2 Å². The van der Waals surface area contributed by atoms with E-state index in [0.717, 1.165) is 22.3 Å². The van der Waals surface area contributed by atoms with Gasteiger partial charge < -0.3 is 19.9 Å². The molecule has 3 heterocycles. The Kier molecular flexibility index (Phi) is 8.18. The third kappa shape index (κ3) is 6.19. The zero-order valence-corrected chi connectivity index (χ0v) is 22.7. The summed E-state index contributed by atoms with van der Waals surface area (Å²) in [4.78, 5) is 33.5. The summed E-state index contributed by atoms with van der Waals surface area (Å²) < 4.78 is 31.7. The number of pyridine rings is 2. The lowest BCUT2D eigenvalue weighted by Gasteiger charge is -2.22. The van der Waals surface area contributed by atoms with Crippen LogP contribution in [0.25, 0.3) is 10.9 Å². The molecule has 39 heavy (non-hydrogen) atoms. The van der Waals surface area contributed by atoms with E-state index in [1.807, 2.05) is 43.1 Å². The Morgan fingerprint density at radius 2 is 1.77 bits per heavy atom. The highest BCUT2D eigenvalue weighted by atomic mass is 19.3. The molecule has 0 bridgehead atoms. The number of rotatable bonds is 9. The highest BCUT2D eigenvalue weighted by Crippen LogP contribution is 2.32. The fourth-order valence-corrected chi connectivity index (χ4v) is 4.11. The van der Waals surface area contributed by atoms with Crippen molar-refractivity contribution < 1.29 is 18.3 Å². The zero-order chi connectivity index (χ0) is 28.3. The Morgan fingerprint density at radius 3 is 2.46 bits per heavy atom. The first-order valence-electron chi connectivity index (χ1n) is 12.3. The number of aryl methyl sites for hydroxylation is 1. The number of nitrogens with zero attached hydrogens (tertiary/aromatic N) is 6. The van der Waals surface area contributed by atoms with Gasteiger partial charge in [0, 0.05) is 37.8 Å². The Labute approximate surface area is 225 Å². The Hall–Kier alpha value is -4.41. The third-order valence-corrected chi connectivity index (χ3v) is 6.32. The van der Waals surface area contributed by atoms with E-state index in [4.69, 9.17) is 4.74 Å². The van der Waals surface area contributed by atoms with Crippen molar-refractivity contribution in [2.24, 2.45) is 0 Å². The molecule has 11 heteroatoms. The standard InChI is InChI=1S/C28H31F2N7O2/c1-16(22-8-7-9-24(35-22)26(29)30)32-27-21-14-19(10-11-23(21)33-17(2)34-27)37(5)20-12-18(13-25(38)36(3)4)28(39-6)31-15-20/h7-12,14-16,26H,13H2,1-6H3,(H,32,33,34)/t16-/m1/s1. The van der Waals surface area contributed by atoms with Crippen LogP contribution in [-0.4, -0.2) is 59.0 Å². The molecule has 204 valence electrons. The van der Waals surface area contributed by atoms with Gasteiger partial charge in [-0.2, -0.15) is 0 Å². The molecule has 9 nitrogen and oxygen atoms in total. The summed E-state index contributed by atoms with van der Waals surface area (Å²) in [6.07, 6.45) is -0.810. The minimum absolute atomic E-state index is 0.0634. The number of benzene rings is 1. The number of amides is 1. The quantitative estimate of drug-likeness (QED) is 0.311. The highest BCUT2D eigenvalue weighted by Gasteiger charge is 2.18. The number of carbonyl (C=O) groups is 1. The maximum Gasteiger partial charge on any atom is 0.280 e. The lowest BCUT2D eigenvalue weighted by atomic mass is 10.1. The molecular weight excluding hydrogens is 504 g/mol. The Morgan fingerprint density at radius 1 is 1.03 bits per heavy atom. The molecule has 1 aromatic carbocycles. The number of alkyl halides is 2. The molecule has 4 rings (SSSR count). The van der Waals surface area contributed by atoms with Crippen molar-refractivity contribution in [1.82, 2.24) is 24.8 Å². The lowest BCUT2D eigenvalue weighted by Crippen LogP contribution is -2.24. The van der Waals surface area contributed by atoms with Gasteiger partial charge in [-0.15, -0.1) is 0 Å². The molecule has 1 amide bonds. The van der Waals surface area contributed by atoms with Gasteiger partial charge in [0.15, 0.2) is 0 Å². The van der Waals surface area contributed by atoms with Crippen molar-refractivity contribution in [2.75, 3.05) is 38.5 Å². The molecule has 3 aromatic heterocycles. The summed E-state index contributed by atoms with van der Waals surface area (Å²) >= 11 is 0. The van der Waals surface area contributed by atoms with Gasteiger partial charge in [-0.1, -0.05) is 6.07 Å². The average Bonchev–Trinajstić information content (AvgIpc) is 2.92. The summed E-state index contributed by atoms with van der Waals surface area (Å²) in [5, 5.41) is 4.08. The molecule has 4 aromatic rings. The molecule has 0 radical (unpaired) electrons. The largest absolute Gasteiger partial charge is 0.481 e. The number of fused-ring (bicyclic) bond motifs is 1. The number of halogens is 2. The Balaban J connectivity index is 1.68. The Bertz CT molecular complexity index is 1500. The molecule has 0 saturated carbocycles. The van der Waals surface area contributed by atoms with E-state index in [0.29, 0.717) is 28.8 Å². The maximum absolute atomic E-state index is 13.2. The van der Waals surface area contributed by atoms with Crippen LogP contribution in [0.5, 0.6) is 5.88 Å². The van der Waals surface area contributed by atoms with Crippen LogP contribution < -0.4 is 15.0 Å². The molecule has 0 aliphatic heterocycles. The second kappa shape index (κ2) is 11.5. The maximum atomic E-state index is 13.2. The predicted molar refractivity (Wildman–Crippen MR) is 147 cm³/mol. The number of aromatic nitrogens is 4. The number of carbonyl (C=O) groups excluding carboxylic acids is 1. The van der Waals surface area contributed by atoms with E-state index in [1.165, 1.54) is 18.1 Å². The summed E-state index contributed by atoms with van der Waals surface area (Å²) in [7, 11) is 6.83. The number of anilines is 3. The second-order valence-corrected chi connectivity index (χ2v) is 9.36. The van der Waals surface area contributed by atoms with Gasteiger partial charge in [0.1, 0.15) is 17.3 Å². The van der Waals surface area contributed by atoms with Gasteiger partial charge >= 0.3 is 0 Å². The van der Waals surface area contributed by atoms with E-state index in [9.17, 15) is 13.6 Å². The first kappa shape index (κ1) is 27.6. The van der Waals surface area contributed by atoms with E-state index < -0.39 is 6.43 Å². The number of hydrogen-bond donors (Lipinski definition) is 1. The number of nitrogens with one attached hydrogen (secondary N) is 1. The fraction of sp³-hybridized carbons (Fsp3) is 0.321. The van der Waals surface area contributed by atoms with Crippen molar-refractivity contribution in [2.45, 2.75) is 32.7 Å². The average molecular weight is 536 g/mol. The van der Waals surface area contributed by atoms with Crippen LogP contribution in [0.15, 0.2) is 48.7 Å². The molecule has 0 spiro atoms. The monoisotopic (exact) mass is 535 g/mol. The predicted octanol–water partition coefficient (Wildman–Crippen LogP) is 5.25. The molecule has 1 N–H and O–H groups in total. The third-order valence-electron chi connectivity index (χ3n) is 6.32. The van der Waals surface area contributed by atoms with Gasteiger partial charge in [0.2, 0.25) is 11.8 Å². The van der Waals surface area contributed by atoms with Crippen molar-refractivity contribution >= 4 is 34.0 Å². The first-order valence-corrected chi connectivity index (χ1v) is 12.3. The lowest BCUT2D eigenvalue weighted by molar-refractivity contribution is -0.128.